The lowest BCUT2D eigenvalue weighted by Crippen LogP contribution is -2.36. The number of imidazole rings is 1. The molecule has 0 aliphatic heterocycles. The summed E-state index contributed by atoms with van der Waals surface area (Å²) in [6, 6.07) is 7.83. The molecule has 5 nitrogen and oxygen atoms in total. The Morgan fingerprint density at radius 3 is 3.00 bits per heavy atom. The Bertz CT molecular complexity index is 644. The van der Waals surface area contributed by atoms with Gasteiger partial charge in [-0.05, 0) is 25.5 Å². The number of benzene rings is 1. The van der Waals surface area contributed by atoms with Crippen LogP contribution in [0.25, 0.3) is 11.0 Å². The molecule has 0 spiro atoms. The summed E-state index contributed by atoms with van der Waals surface area (Å²) in [6.07, 6.45) is 0.606. The predicted molar refractivity (Wildman–Crippen MR) is 80.8 cm³/mol. The van der Waals surface area contributed by atoms with Crippen LogP contribution < -0.4 is 10.5 Å². The first-order valence-corrected chi connectivity index (χ1v) is 7.22. The SMILES string of the molecule is COc1ccc2nc(SC(C)CC(C)(N)C#N)[nH]c2c1. The number of hydrogen-bond acceptors (Lipinski definition) is 5. The van der Waals surface area contributed by atoms with Gasteiger partial charge in [0, 0.05) is 11.3 Å². The number of nitrogens with one attached hydrogen (secondary N) is 1. The van der Waals surface area contributed by atoms with Crippen molar-refractivity contribution in [2.75, 3.05) is 7.11 Å². The first-order chi connectivity index (χ1) is 9.43. The van der Waals surface area contributed by atoms with Gasteiger partial charge in [0.15, 0.2) is 5.16 Å². The third-order valence-electron chi connectivity index (χ3n) is 2.95. The standard InChI is InChI=1S/C14H18N4OS/c1-9(7-14(2,16)8-15)20-13-17-11-5-4-10(19-3)6-12(11)18-13/h4-6,9H,7,16H2,1-3H3,(H,17,18). The Balaban J connectivity index is 2.12. The van der Waals surface area contributed by atoms with Crippen molar-refractivity contribution < 1.29 is 4.74 Å². The highest BCUT2D eigenvalue weighted by atomic mass is 32.2. The van der Waals surface area contributed by atoms with Gasteiger partial charge in [-0.15, -0.1) is 0 Å². The fraction of sp³-hybridized carbons (Fsp3) is 0.429. The number of H-pyrrole nitrogens is 1. The number of ether oxygens (including phenoxy) is 1. The fourth-order valence-electron chi connectivity index (χ4n) is 2.02. The lowest BCUT2D eigenvalue weighted by atomic mass is 10.00. The maximum Gasteiger partial charge on any atom is 0.166 e. The van der Waals surface area contributed by atoms with E-state index in [-0.39, 0.29) is 5.25 Å². The second kappa shape index (κ2) is 5.73. The molecular formula is C14H18N4OS. The van der Waals surface area contributed by atoms with Crippen LogP contribution in [-0.2, 0) is 0 Å². The highest BCUT2D eigenvalue weighted by Gasteiger charge is 2.22. The van der Waals surface area contributed by atoms with Gasteiger partial charge in [-0.3, -0.25) is 0 Å². The molecule has 0 radical (unpaired) electrons. The van der Waals surface area contributed by atoms with E-state index in [1.807, 2.05) is 25.1 Å². The van der Waals surface area contributed by atoms with Crippen LogP contribution in [0.4, 0.5) is 0 Å². The largest absolute Gasteiger partial charge is 0.497 e. The second-order valence-corrected chi connectivity index (χ2v) is 6.51. The summed E-state index contributed by atoms with van der Waals surface area (Å²) in [7, 11) is 1.64. The molecule has 1 aromatic heterocycles. The summed E-state index contributed by atoms with van der Waals surface area (Å²) in [4.78, 5) is 7.77. The first kappa shape index (κ1) is 14.7. The van der Waals surface area contributed by atoms with E-state index < -0.39 is 5.54 Å². The summed E-state index contributed by atoms with van der Waals surface area (Å²) in [5.74, 6) is 0.796. The minimum absolute atomic E-state index is 0.201. The molecule has 1 aromatic carbocycles. The Labute approximate surface area is 122 Å². The van der Waals surface area contributed by atoms with E-state index in [9.17, 15) is 0 Å². The van der Waals surface area contributed by atoms with Gasteiger partial charge >= 0.3 is 0 Å². The Kier molecular flexibility index (Phi) is 4.21. The molecule has 2 atom stereocenters. The maximum absolute atomic E-state index is 8.96. The number of fused-ring (bicyclic) bond motifs is 1. The highest BCUT2D eigenvalue weighted by Crippen LogP contribution is 2.28. The van der Waals surface area contributed by atoms with Crippen molar-refractivity contribution in [3.63, 3.8) is 0 Å². The number of nitriles is 1. The van der Waals surface area contributed by atoms with E-state index in [1.165, 1.54) is 0 Å². The zero-order valence-electron chi connectivity index (χ0n) is 11.8. The average Bonchev–Trinajstić information content (AvgIpc) is 2.78. The van der Waals surface area contributed by atoms with Gasteiger partial charge in [0.25, 0.3) is 0 Å². The second-order valence-electron chi connectivity index (χ2n) is 5.09. The summed E-state index contributed by atoms with van der Waals surface area (Å²) in [6.45, 7) is 3.79. The van der Waals surface area contributed by atoms with E-state index >= 15 is 0 Å². The van der Waals surface area contributed by atoms with Crippen LogP contribution in [0, 0.1) is 11.3 Å². The van der Waals surface area contributed by atoms with Crippen molar-refractivity contribution in [3.8, 4) is 11.8 Å². The van der Waals surface area contributed by atoms with Crippen molar-refractivity contribution in [1.29, 1.82) is 5.26 Å². The van der Waals surface area contributed by atoms with Crippen molar-refractivity contribution >= 4 is 22.8 Å². The molecule has 6 heteroatoms. The molecule has 3 N–H and O–H groups in total. The number of nitrogens with two attached hydrogens (primary N) is 1. The molecule has 0 amide bonds. The lowest BCUT2D eigenvalue weighted by Gasteiger charge is -2.19. The third kappa shape index (κ3) is 3.44. The third-order valence-corrected chi connectivity index (χ3v) is 3.93. The zero-order chi connectivity index (χ0) is 14.8. The van der Waals surface area contributed by atoms with E-state index in [2.05, 4.69) is 16.0 Å². The molecule has 0 aliphatic rings. The molecule has 20 heavy (non-hydrogen) atoms. The van der Waals surface area contributed by atoms with Gasteiger partial charge in [-0.2, -0.15) is 5.26 Å². The highest BCUT2D eigenvalue weighted by molar-refractivity contribution is 7.99. The van der Waals surface area contributed by atoms with E-state index in [0.717, 1.165) is 21.9 Å². The molecular weight excluding hydrogens is 272 g/mol. The van der Waals surface area contributed by atoms with Crippen molar-refractivity contribution in [3.05, 3.63) is 18.2 Å². The predicted octanol–water partition coefficient (Wildman–Crippen LogP) is 2.68. The monoisotopic (exact) mass is 290 g/mol. The molecule has 1 heterocycles. The lowest BCUT2D eigenvalue weighted by molar-refractivity contribution is 0.415. The number of nitrogens with zero attached hydrogens (tertiary/aromatic N) is 2. The minimum atomic E-state index is -0.804. The van der Waals surface area contributed by atoms with Crippen LogP contribution in [-0.4, -0.2) is 27.9 Å². The van der Waals surface area contributed by atoms with Crippen molar-refractivity contribution in [2.24, 2.45) is 5.73 Å². The molecule has 2 unspecified atom stereocenters. The van der Waals surface area contributed by atoms with Gasteiger partial charge in [0.2, 0.25) is 0 Å². The van der Waals surface area contributed by atoms with Crippen LogP contribution in [0.15, 0.2) is 23.4 Å². The molecule has 0 bridgehead atoms. The van der Waals surface area contributed by atoms with Gasteiger partial charge < -0.3 is 15.5 Å². The van der Waals surface area contributed by atoms with E-state index in [0.29, 0.717) is 6.42 Å². The summed E-state index contributed by atoms with van der Waals surface area (Å²) in [5.41, 5.74) is 6.90. The number of rotatable bonds is 5. The van der Waals surface area contributed by atoms with Crippen LogP contribution in [0.1, 0.15) is 20.3 Å². The average molecular weight is 290 g/mol. The number of aromatic amines is 1. The van der Waals surface area contributed by atoms with Crippen molar-refractivity contribution in [2.45, 2.75) is 36.2 Å². The Hall–Kier alpha value is -1.71. The normalized spacial score (nSPS) is 15.6. The minimum Gasteiger partial charge on any atom is -0.497 e. The topological polar surface area (TPSA) is 87.7 Å². The van der Waals surface area contributed by atoms with Crippen LogP contribution >= 0.6 is 11.8 Å². The van der Waals surface area contributed by atoms with Crippen molar-refractivity contribution in [1.82, 2.24) is 9.97 Å². The molecule has 2 aromatic rings. The summed E-state index contributed by atoms with van der Waals surface area (Å²) < 4.78 is 5.19. The first-order valence-electron chi connectivity index (χ1n) is 6.34. The summed E-state index contributed by atoms with van der Waals surface area (Å²) >= 11 is 1.59. The van der Waals surface area contributed by atoms with Crippen LogP contribution in [0.5, 0.6) is 5.75 Å². The van der Waals surface area contributed by atoms with E-state index in [4.69, 9.17) is 15.7 Å². The number of hydrogen-bond donors (Lipinski definition) is 2. The number of aromatic nitrogens is 2. The Morgan fingerprint density at radius 2 is 2.35 bits per heavy atom. The molecule has 2 rings (SSSR count). The van der Waals surface area contributed by atoms with Gasteiger partial charge in [0.05, 0.1) is 24.2 Å². The molecule has 0 fully saturated rings. The van der Waals surface area contributed by atoms with Gasteiger partial charge in [-0.1, -0.05) is 18.7 Å². The Morgan fingerprint density at radius 1 is 1.60 bits per heavy atom. The maximum atomic E-state index is 8.96. The number of thioether (sulfide) groups is 1. The van der Waals surface area contributed by atoms with E-state index in [1.54, 1.807) is 25.8 Å². The smallest absolute Gasteiger partial charge is 0.166 e. The quantitative estimate of drug-likeness (QED) is 0.827. The van der Waals surface area contributed by atoms with Crippen LogP contribution in [0.3, 0.4) is 0 Å². The van der Waals surface area contributed by atoms with Crippen LogP contribution in [0.2, 0.25) is 0 Å². The van der Waals surface area contributed by atoms with Gasteiger partial charge in [-0.25, -0.2) is 4.98 Å². The molecule has 0 saturated carbocycles. The molecule has 0 saturated heterocycles. The zero-order valence-corrected chi connectivity index (χ0v) is 12.6. The molecule has 0 aliphatic carbocycles. The molecule has 106 valence electrons. The fourth-order valence-corrected chi connectivity index (χ4v) is 3.15. The number of methoxy groups -OCH3 is 1. The summed E-state index contributed by atoms with van der Waals surface area (Å²) in [5, 5.41) is 9.99. The van der Waals surface area contributed by atoms with Gasteiger partial charge in [0.1, 0.15) is 11.3 Å².